The summed E-state index contributed by atoms with van der Waals surface area (Å²) >= 11 is 7.04. The minimum atomic E-state index is -1.12. The van der Waals surface area contributed by atoms with E-state index in [2.05, 4.69) is 0 Å². The van der Waals surface area contributed by atoms with Crippen LogP contribution >= 0.6 is 23.4 Å². The Morgan fingerprint density at radius 3 is 2.46 bits per heavy atom. The Bertz CT molecular complexity index is 648. The molecule has 0 fully saturated rings. The first-order valence-corrected chi connectivity index (χ1v) is 8.99. The number of thioether (sulfide) groups is 1. The molecule has 132 valence electrons. The third kappa shape index (κ3) is 5.24. The first-order valence-electron chi connectivity index (χ1n) is 7.63. The van der Waals surface area contributed by atoms with E-state index in [4.69, 9.17) is 16.7 Å². The average Bonchev–Trinajstić information content (AvgIpc) is 2.53. The Labute approximate surface area is 151 Å². The summed E-state index contributed by atoms with van der Waals surface area (Å²) in [5, 5.41) is 9.54. The number of hydrogen-bond donors (Lipinski definition) is 1. The first-order chi connectivity index (χ1) is 11.2. The number of carboxylic acid groups (broad SMARTS) is 1. The fourth-order valence-corrected chi connectivity index (χ4v) is 3.20. The van der Waals surface area contributed by atoms with Gasteiger partial charge in [0.25, 0.3) is 0 Å². The van der Waals surface area contributed by atoms with Gasteiger partial charge in [-0.05, 0) is 37.5 Å². The van der Waals surface area contributed by atoms with Crippen molar-refractivity contribution in [1.29, 1.82) is 0 Å². The number of amides is 1. The molecule has 0 bridgehead atoms. The third-order valence-electron chi connectivity index (χ3n) is 3.78. The van der Waals surface area contributed by atoms with Gasteiger partial charge >= 0.3 is 5.97 Å². The maximum Gasteiger partial charge on any atom is 0.323 e. The summed E-state index contributed by atoms with van der Waals surface area (Å²) in [6, 6.07) is 3.45. The molecule has 1 amide bonds. The number of anilines is 1. The first kappa shape index (κ1) is 20.5. The highest BCUT2D eigenvalue weighted by Crippen LogP contribution is 2.31. The lowest BCUT2D eigenvalue weighted by atomic mass is 10.1. The molecule has 0 aromatic heterocycles. The molecule has 1 aromatic rings. The SMILES string of the molecule is CCC(C)C(=O)SCC(=O)N(CC(=O)O)c1c(C)ccc(Cl)c1C. The van der Waals surface area contributed by atoms with Crippen LogP contribution in [0.1, 0.15) is 31.4 Å². The molecule has 0 radical (unpaired) electrons. The van der Waals surface area contributed by atoms with Gasteiger partial charge in [-0.3, -0.25) is 19.3 Å². The number of carbonyl (C=O) groups is 3. The summed E-state index contributed by atoms with van der Waals surface area (Å²) in [5.41, 5.74) is 1.89. The van der Waals surface area contributed by atoms with Crippen molar-refractivity contribution in [3.05, 3.63) is 28.3 Å². The number of rotatable bonds is 7. The molecule has 1 aromatic carbocycles. The number of carbonyl (C=O) groups excluding carboxylic acids is 2. The molecule has 0 aliphatic carbocycles. The molecule has 5 nitrogen and oxygen atoms in total. The van der Waals surface area contributed by atoms with Gasteiger partial charge in [0.15, 0.2) is 5.12 Å². The van der Waals surface area contributed by atoms with E-state index in [9.17, 15) is 14.4 Å². The van der Waals surface area contributed by atoms with Crippen molar-refractivity contribution < 1.29 is 19.5 Å². The maximum atomic E-state index is 12.6. The molecule has 7 heteroatoms. The van der Waals surface area contributed by atoms with Crippen LogP contribution in [0, 0.1) is 19.8 Å². The van der Waals surface area contributed by atoms with Crippen LogP contribution < -0.4 is 4.90 Å². The summed E-state index contributed by atoms with van der Waals surface area (Å²) < 4.78 is 0. The average molecular weight is 372 g/mol. The van der Waals surface area contributed by atoms with Gasteiger partial charge < -0.3 is 5.11 Å². The van der Waals surface area contributed by atoms with Crippen molar-refractivity contribution in [1.82, 2.24) is 0 Å². The molecule has 1 unspecified atom stereocenters. The number of benzene rings is 1. The minimum absolute atomic E-state index is 0.0688. The van der Waals surface area contributed by atoms with Gasteiger partial charge in [-0.2, -0.15) is 0 Å². The van der Waals surface area contributed by atoms with Gasteiger partial charge in [0.2, 0.25) is 5.91 Å². The number of hydrogen-bond acceptors (Lipinski definition) is 4. The van der Waals surface area contributed by atoms with Gasteiger partial charge in [0.05, 0.1) is 11.4 Å². The molecule has 1 atom stereocenters. The molecule has 1 rings (SSSR count). The fraction of sp³-hybridized carbons (Fsp3) is 0.471. The van der Waals surface area contributed by atoms with Crippen LogP contribution in [-0.4, -0.2) is 34.4 Å². The van der Waals surface area contributed by atoms with E-state index in [0.29, 0.717) is 22.7 Å². The van der Waals surface area contributed by atoms with E-state index >= 15 is 0 Å². The zero-order valence-electron chi connectivity index (χ0n) is 14.3. The van der Waals surface area contributed by atoms with Crippen LogP contribution in [0.3, 0.4) is 0 Å². The summed E-state index contributed by atoms with van der Waals surface area (Å²) in [6.45, 7) is 6.77. The van der Waals surface area contributed by atoms with E-state index in [1.807, 2.05) is 6.92 Å². The summed E-state index contributed by atoms with van der Waals surface area (Å²) in [7, 11) is 0. The van der Waals surface area contributed by atoms with Crippen LogP contribution in [0.2, 0.25) is 5.02 Å². The van der Waals surface area contributed by atoms with Crippen molar-refractivity contribution in [2.24, 2.45) is 5.92 Å². The molecule has 0 saturated carbocycles. The molecular formula is C17H22ClNO4S. The Kier molecular flexibility index (Phi) is 7.76. The monoisotopic (exact) mass is 371 g/mol. The zero-order valence-corrected chi connectivity index (χ0v) is 15.8. The minimum Gasteiger partial charge on any atom is -0.480 e. The Morgan fingerprint density at radius 2 is 1.92 bits per heavy atom. The number of aliphatic carboxylic acids is 1. The normalized spacial score (nSPS) is 11.9. The van der Waals surface area contributed by atoms with Crippen LogP contribution in [-0.2, 0) is 14.4 Å². The Balaban J connectivity index is 3.06. The summed E-state index contributed by atoms with van der Waals surface area (Å²) in [6.07, 6.45) is 0.700. The molecule has 0 spiro atoms. The molecular weight excluding hydrogens is 350 g/mol. The number of nitrogens with zero attached hydrogens (tertiary/aromatic N) is 1. The van der Waals surface area contributed by atoms with Gasteiger partial charge in [-0.1, -0.05) is 43.3 Å². The lowest BCUT2D eigenvalue weighted by molar-refractivity contribution is -0.136. The van der Waals surface area contributed by atoms with Crippen molar-refractivity contribution >= 4 is 46.0 Å². The quantitative estimate of drug-likeness (QED) is 0.791. The van der Waals surface area contributed by atoms with Crippen LogP contribution in [0.4, 0.5) is 5.69 Å². The van der Waals surface area contributed by atoms with Crippen LogP contribution in [0.25, 0.3) is 0 Å². The highest BCUT2D eigenvalue weighted by Gasteiger charge is 2.24. The van der Waals surface area contributed by atoms with E-state index in [1.54, 1.807) is 32.9 Å². The number of halogens is 1. The third-order valence-corrected chi connectivity index (χ3v) is 5.27. The summed E-state index contributed by atoms with van der Waals surface area (Å²) in [5.74, 6) is -1.78. The van der Waals surface area contributed by atoms with Crippen LogP contribution in [0.15, 0.2) is 12.1 Å². The van der Waals surface area contributed by atoms with Crippen molar-refractivity contribution in [3.8, 4) is 0 Å². The maximum absolute atomic E-state index is 12.6. The second-order valence-electron chi connectivity index (χ2n) is 5.63. The second kappa shape index (κ2) is 9.08. The van der Waals surface area contributed by atoms with Crippen molar-refractivity contribution in [2.45, 2.75) is 34.1 Å². The predicted octanol–water partition coefficient (Wildman–Crippen LogP) is 3.68. The lowest BCUT2D eigenvalue weighted by Gasteiger charge is -2.25. The highest BCUT2D eigenvalue weighted by atomic mass is 35.5. The molecule has 24 heavy (non-hydrogen) atoms. The number of aryl methyl sites for hydroxylation is 1. The Morgan fingerprint density at radius 1 is 1.29 bits per heavy atom. The number of carboxylic acids is 1. The standard InChI is InChI=1S/C17H22ClNO4S/c1-5-10(2)17(23)24-9-14(20)19(8-15(21)22)16-11(3)6-7-13(18)12(16)4/h6-7,10H,5,8-9H2,1-4H3,(H,21,22). The molecule has 1 N–H and O–H groups in total. The van der Waals surface area contributed by atoms with Gasteiger partial charge in [0.1, 0.15) is 6.54 Å². The molecule has 0 aliphatic heterocycles. The van der Waals surface area contributed by atoms with Crippen molar-refractivity contribution in [3.63, 3.8) is 0 Å². The zero-order chi connectivity index (χ0) is 18.4. The van der Waals surface area contributed by atoms with Crippen molar-refractivity contribution in [2.75, 3.05) is 17.2 Å². The van der Waals surface area contributed by atoms with Gasteiger partial charge in [0, 0.05) is 10.9 Å². The fourth-order valence-electron chi connectivity index (χ4n) is 2.17. The topological polar surface area (TPSA) is 74.7 Å². The predicted molar refractivity (Wildman–Crippen MR) is 97.8 cm³/mol. The van der Waals surface area contributed by atoms with E-state index in [1.165, 1.54) is 4.90 Å². The van der Waals surface area contributed by atoms with Gasteiger partial charge in [-0.15, -0.1) is 0 Å². The smallest absolute Gasteiger partial charge is 0.323 e. The highest BCUT2D eigenvalue weighted by molar-refractivity contribution is 8.14. The molecule has 0 aliphatic rings. The molecule has 0 heterocycles. The van der Waals surface area contributed by atoms with E-state index in [0.717, 1.165) is 17.3 Å². The van der Waals surface area contributed by atoms with Gasteiger partial charge in [-0.25, -0.2) is 0 Å². The Hall–Kier alpha value is -1.53. The second-order valence-corrected chi connectivity index (χ2v) is 7.02. The lowest BCUT2D eigenvalue weighted by Crippen LogP contribution is -2.38. The largest absolute Gasteiger partial charge is 0.480 e. The molecule has 0 saturated heterocycles. The van der Waals surface area contributed by atoms with Crippen LogP contribution in [0.5, 0.6) is 0 Å². The summed E-state index contributed by atoms with van der Waals surface area (Å²) in [4.78, 5) is 36.8. The van der Waals surface area contributed by atoms with E-state index in [-0.39, 0.29) is 16.8 Å². The van der Waals surface area contributed by atoms with E-state index < -0.39 is 18.4 Å².